The van der Waals surface area contributed by atoms with Gasteiger partial charge in [0.05, 0.1) is 11.7 Å². The number of benzene rings is 1. The number of aliphatic hydroxyl groups excluding tert-OH is 1. The molecule has 24 heavy (non-hydrogen) atoms. The lowest BCUT2D eigenvalue weighted by molar-refractivity contribution is -0.140. The van der Waals surface area contributed by atoms with E-state index in [0.29, 0.717) is 25.0 Å². The van der Waals surface area contributed by atoms with Gasteiger partial charge in [-0.1, -0.05) is 0 Å². The van der Waals surface area contributed by atoms with Gasteiger partial charge in [0.2, 0.25) is 11.8 Å². The number of hydrogen-bond acceptors (Lipinski definition) is 3. The second kappa shape index (κ2) is 6.76. The van der Waals surface area contributed by atoms with Crippen LogP contribution in [-0.2, 0) is 15.8 Å². The standard InChI is InChI=1S/C15H16F4N2O3/c1-7(22)12(21-13(23)8-2-3-8)14(24)20-9-4-5-11(16)10(6-9)15(17,18)19/h4-8,12,22H,2-3H2,1H3,(H,20,24)(H,21,23). The molecule has 9 heteroatoms. The molecule has 1 aliphatic carbocycles. The van der Waals surface area contributed by atoms with Gasteiger partial charge in [-0.25, -0.2) is 4.39 Å². The molecule has 3 N–H and O–H groups in total. The number of carbonyl (C=O) groups is 2. The number of amides is 2. The fourth-order valence-corrected chi connectivity index (χ4v) is 2.06. The average Bonchev–Trinajstić information content (AvgIpc) is 3.29. The Balaban J connectivity index is 2.12. The van der Waals surface area contributed by atoms with Crippen LogP contribution in [0.4, 0.5) is 23.2 Å². The summed E-state index contributed by atoms with van der Waals surface area (Å²) in [5.74, 6) is -2.96. The molecule has 1 aliphatic rings. The summed E-state index contributed by atoms with van der Waals surface area (Å²) in [4.78, 5) is 23.8. The molecule has 0 aliphatic heterocycles. The zero-order valence-electron chi connectivity index (χ0n) is 12.7. The van der Waals surface area contributed by atoms with Crippen molar-refractivity contribution in [2.24, 2.45) is 5.92 Å². The van der Waals surface area contributed by atoms with Gasteiger partial charge in [-0.05, 0) is 38.0 Å². The molecule has 0 heterocycles. The van der Waals surface area contributed by atoms with Gasteiger partial charge in [-0.15, -0.1) is 0 Å². The van der Waals surface area contributed by atoms with E-state index in [9.17, 15) is 32.3 Å². The van der Waals surface area contributed by atoms with E-state index in [1.54, 1.807) is 0 Å². The number of carbonyl (C=O) groups excluding carboxylic acids is 2. The Hall–Kier alpha value is -2.16. The minimum absolute atomic E-state index is 0.207. The summed E-state index contributed by atoms with van der Waals surface area (Å²) in [6.07, 6.45) is -4.79. The summed E-state index contributed by atoms with van der Waals surface area (Å²) >= 11 is 0. The van der Waals surface area contributed by atoms with Crippen LogP contribution in [-0.4, -0.2) is 29.1 Å². The van der Waals surface area contributed by atoms with Crippen molar-refractivity contribution in [2.75, 3.05) is 5.32 Å². The number of rotatable bonds is 5. The molecule has 2 rings (SSSR count). The largest absolute Gasteiger partial charge is 0.419 e. The van der Waals surface area contributed by atoms with Crippen molar-refractivity contribution < 1.29 is 32.3 Å². The smallest absolute Gasteiger partial charge is 0.391 e. The predicted octanol–water partition coefficient (Wildman–Crippen LogP) is 2.06. The lowest BCUT2D eigenvalue weighted by atomic mass is 10.1. The fraction of sp³-hybridized carbons (Fsp3) is 0.467. The molecule has 1 fully saturated rings. The highest BCUT2D eigenvalue weighted by atomic mass is 19.4. The Morgan fingerprint density at radius 3 is 2.42 bits per heavy atom. The quantitative estimate of drug-likeness (QED) is 0.713. The minimum Gasteiger partial charge on any atom is -0.391 e. The number of anilines is 1. The molecule has 0 aromatic heterocycles. The fourth-order valence-electron chi connectivity index (χ4n) is 2.06. The van der Waals surface area contributed by atoms with Crippen LogP contribution >= 0.6 is 0 Å². The van der Waals surface area contributed by atoms with Crippen molar-refractivity contribution in [1.29, 1.82) is 0 Å². The highest BCUT2D eigenvalue weighted by molar-refractivity contribution is 5.98. The second-order valence-corrected chi connectivity index (χ2v) is 5.68. The summed E-state index contributed by atoms with van der Waals surface area (Å²) in [6.45, 7) is 1.27. The van der Waals surface area contributed by atoms with Gasteiger partial charge in [0.15, 0.2) is 0 Å². The van der Waals surface area contributed by atoms with Gasteiger partial charge in [0.25, 0.3) is 0 Å². The van der Waals surface area contributed by atoms with Crippen LogP contribution in [0.25, 0.3) is 0 Å². The number of alkyl halides is 3. The van der Waals surface area contributed by atoms with Crippen molar-refractivity contribution in [3.8, 4) is 0 Å². The van der Waals surface area contributed by atoms with E-state index in [2.05, 4.69) is 10.6 Å². The van der Waals surface area contributed by atoms with Crippen molar-refractivity contribution in [2.45, 2.75) is 38.1 Å². The summed E-state index contributed by atoms with van der Waals surface area (Å²) < 4.78 is 51.2. The zero-order valence-corrected chi connectivity index (χ0v) is 12.7. The van der Waals surface area contributed by atoms with E-state index in [4.69, 9.17) is 0 Å². The van der Waals surface area contributed by atoms with E-state index in [1.165, 1.54) is 6.92 Å². The van der Waals surface area contributed by atoms with Gasteiger partial charge < -0.3 is 15.7 Å². The maximum absolute atomic E-state index is 13.2. The normalized spacial score (nSPS) is 17.1. The third-order valence-corrected chi connectivity index (χ3v) is 3.55. The molecule has 1 aromatic rings. The summed E-state index contributed by atoms with van der Waals surface area (Å²) in [7, 11) is 0. The molecule has 1 saturated carbocycles. The maximum Gasteiger partial charge on any atom is 0.419 e. The Labute approximate surface area is 135 Å². The molecule has 0 bridgehead atoms. The SMILES string of the molecule is CC(O)C(NC(=O)C1CC1)C(=O)Nc1ccc(F)c(C(F)(F)F)c1. The van der Waals surface area contributed by atoms with Crippen LogP contribution in [0.3, 0.4) is 0 Å². The van der Waals surface area contributed by atoms with Gasteiger partial charge >= 0.3 is 6.18 Å². The molecule has 2 unspecified atom stereocenters. The van der Waals surface area contributed by atoms with Crippen LogP contribution in [0.1, 0.15) is 25.3 Å². The lowest BCUT2D eigenvalue weighted by Crippen LogP contribution is -2.50. The molecule has 2 amide bonds. The first-order chi connectivity index (χ1) is 11.1. The number of hydrogen-bond donors (Lipinski definition) is 3. The zero-order chi connectivity index (χ0) is 18.1. The predicted molar refractivity (Wildman–Crippen MR) is 76.4 cm³/mol. The van der Waals surface area contributed by atoms with Crippen molar-refractivity contribution in [1.82, 2.24) is 5.32 Å². The van der Waals surface area contributed by atoms with E-state index in [1.807, 2.05) is 0 Å². The molecule has 2 atom stereocenters. The van der Waals surface area contributed by atoms with E-state index in [-0.39, 0.29) is 11.6 Å². The van der Waals surface area contributed by atoms with Crippen molar-refractivity contribution >= 4 is 17.5 Å². The van der Waals surface area contributed by atoms with Crippen LogP contribution in [0, 0.1) is 11.7 Å². The molecule has 5 nitrogen and oxygen atoms in total. The Kier molecular flexibility index (Phi) is 5.12. The first-order valence-electron chi connectivity index (χ1n) is 7.25. The Morgan fingerprint density at radius 1 is 1.29 bits per heavy atom. The average molecular weight is 348 g/mol. The Bertz CT molecular complexity index is 642. The third-order valence-electron chi connectivity index (χ3n) is 3.55. The van der Waals surface area contributed by atoms with Crippen molar-refractivity contribution in [3.63, 3.8) is 0 Å². The summed E-state index contributed by atoms with van der Waals surface area (Å²) in [5, 5.41) is 14.1. The lowest BCUT2D eigenvalue weighted by Gasteiger charge is -2.21. The number of aliphatic hydroxyl groups is 1. The number of nitrogens with one attached hydrogen (secondary N) is 2. The van der Waals surface area contributed by atoms with Crippen LogP contribution < -0.4 is 10.6 Å². The topological polar surface area (TPSA) is 78.4 Å². The summed E-state index contributed by atoms with van der Waals surface area (Å²) in [6, 6.07) is 0.676. The van der Waals surface area contributed by atoms with Crippen LogP contribution in [0.2, 0.25) is 0 Å². The molecule has 0 radical (unpaired) electrons. The highest BCUT2D eigenvalue weighted by Gasteiger charge is 2.36. The minimum atomic E-state index is -4.91. The molecule has 1 aromatic carbocycles. The van der Waals surface area contributed by atoms with E-state index < -0.39 is 41.5 Å². The monoisotopic (exact) mass is 348 g/mol. The molecular formula is C15H16F4N2O3. The highest BCUT2D eigenvalue weighted by Crippen LogP contribution is 2.33. The van der Waals surface area contributed by atoms with Crippen LogP contribution in [0.5, 0.6) is 0 Å². The first kappa shape index (κ1) is 18.2. The van der Waals surface area contributed by atoms with Crippen LogP contribution in [0.15, 0.2) is 18.2 Å². The van der Waals surface area contributed by atoms with E-state index in [0.717, 1.165) is 6.07 Å². The van der Waals surface area contributed by atoms with Gasteiger partial charge in [-0.2, -0.15) is 13.2 Å². The maximum atomic E-state index is 13.2. The van der Waals surface area contributed by atoms with Crippen molar-refractivity contribution in [3.05, 3.63) is 29.6 Å². The van der Waals surface area contributed by atoms with Gasteiger partial charge in [-0.3, -0.25) is 9.59 Å². The first-order valence-corrected chi connectivity index (χ1v) is 7.25. The summed E-state index contributed by atoms with van der Waals surface area (Å²) in [5.41, 5.74) is -1.81. The number of halogens is 4. The molecule has 0 saturated heterocycles. The van der Waals surface area contributed by atoms with E-state index >= 15 is 0 Å². The molecule has 132 valence electrons. The second-order valence-electron chi connectivity index (χ2n) is 5.68. The Morgan fingerprint density at radius 2 is 1.92 bits per heavy atom. The molecule has 0 spiro atoms. The van der Waals surface area contributed by atoms with Gasteiger partial charge in [0.1, 0.15) is 11.9 Å². The third kappa shape index (κ3) is 4.44. The van der Waals surface area contributed by atoms with Gasteiger partial charge in [0, 0.05) is 11.6 Å². The molecular weight excluding hydrogens is 332 g/mol.